The number of pyridine rings is 1. The third-order valence-corrected chi connectivity index (χ3v) is 5.76. The van der Waals surface area contributed by atoms with Crippen LogP contribution < -0.4 is 0 Å². The number of carbonyl (C=O) groups is 1. The Morgan fingerprint density at radius 2 is 1.67 bits per heavy atom. The van der Waals surface area contributed by atoms with Crippen molar-refractivity contribution in [3.8, 4) is 16.8 Å². The van der Waals surface area contributed by atoms with E-state index in [1.54, 1.807) is 12.1 Å². The van der Waals surface area contributed by atoms with Crippen LogP contribution in [0, 0.1) is 18.2 Å². The van der Waals surface area contributed by atoms with Crippen molar-refractivity contribution >= 4 is 16.8 Å². The minimum atomic E-state index is -0.304. The van der Waals surface area contributed by atoms with Crippen LogP contribution in [0.15, 0.2) is 54.6 Å². The van der Waals surface area contributed by atoms with Gasteiger partial charge in [0.2, 0.25) is 0 Å². The van der Waals surface area contributed by atoms with Crippen molar-refractivity contribution < 1.29 is 9.18 Å². The van der Waals surface area contributed by atoms with Gasteiger partial charge in [-0.1, -0.05) is 44.2 Å². The van der Waals surface area contributed by atoms with E-state index in [2.05, 4.69) is 13.8 Å². The van der Waals surface area contributed by atoms with Gasteiger partial charge >= 0.3 is 0 Å². The Labute approximate surface area is 174 Å². The summed E-state index contributed by atoms with van der Waals surface area (Å²) in [5.41, 5.74) is 5.35. The molecule has 4 aromatic rings. The molecule has 0 bridgehead atoms. The highest BCUT2D eigenvalue weighted by atomic mass is 19.1. The van der Waals surface area contributed by atoms with Crippen molar-refractivity contribution in [2.75, 3.05) is 0 Å². The van der Waals surface area contributed by atoms with Crippen LogP contribution in [0.1, 0.15) is 42.0 Å². The molecule has 0 radical (unpaired) electrons. The van der Waals surface area contributed by atoms with Crippen LogP contribution in [0.4, 0.5) is 4.39 Å². The van der Waals surface area contributed by atoms with Gasteiger partial charge in [0.25, 0.3) is 0 Å². The van der Waals surface area contributed by atoms with Crippen LogP contribution in [0.2, 0.25) is 0 Å². The van der Waals surface area contributed by atoms with Gasteiger partial charge in [-0.3, -0.25) is 4.79 Å². The molecule has 5 heteroatoms. The van der Waals surface area contributed by atoms with E-state index in [-0.39, 0.29) is 17.0 Å². The van der Waals surface area contributed by atoms with Crippen LogP contribution in [-0.4, -0.2) is 20.5 Å². The summed E-state index contributed by atoms with van der Waals surface area (Å²) in [6.45, 7) is 6.12. The minimum absolute atomic E-state index is 0.0850. The monoisotopic (exact) mass is 399 g/mol. The molecule has 0 saturated heterocycles. The Bertz CT molecular complexity index is 1290. The first kappa shape index (κ1) is 18.7. The highest BCUT2D eigenvalue weighted by Gasteiger charge is 2.36. The molecule has 1 aliphatic carbocycles. The van der Waals surface area contributed by atoms with Gasteiger partial charge in [-0.2, -0.15) is 5.10 Å². The predicted molar refractivity (Wildman–Crippen MR) is 115 cm³/mol. The molecule has 150 valence electrons. The number of para-hydroxylation sites is 1. The normalized spacial score (nSPS) is 15.4. The first-order valence-electron chi connectivity index (χ1n) is 10.1. The topological polar surface area (TPSA) is 47.8 Å². The first-order valence-corrected chi connectivity index (χ1v) is 10.1. The molecule has 0 saturated carbocycles. The first-order chi connectivity index (χ1) is 14.3. The largest absolute Gasteiger partial charge is 0.294 e. The summed E-state index contributed by atoms with van der Waals surface area (Å²) >= 11 is 0. The molecule has 5 rings (SSSR count). The van der Waals surface area contributed by atoms with E-state index >= 15 is 0 Å². The summed E-state index contributed by atoms with van der Waals surface area (Å²) < 4.78 is 15.5. The quantitative estimate of drug-likeness (QED) is 0.435. The number of hydrogen-bond acceptors (Lipinski definition) is 3. The summed E-state index contributed by atoms with van der Waals surface area (Å²) in [4.78, 5) is 18.2. The van der Waals surface area contributed by atoms with Crippen molar-refractivity contribution in [1.29, 1.82) is 0 Å². The zero-order valence-electron chi connectivity index (χ0n) is 17.2. The maximum atomic E-state index is 13.6. The predicted octanol–water partition coefficient (Wildman–Crippen LogP) is 5.69. The van der Waals surface area contributed by atoms with E-state index < -0.39 is 0 Å². The van der Waals surface area contributed by atoms with E-state index in [1.165, 1.54) is 12.1 Å². The fraction of sp³-hybridized carbons (Fsp3) is 0.240. The molecule has 0 atom stereocenters. The second-order valence-corrected chi connectivity index (χ2v) is 8.79. The Morgan fingerprint density at radius 3 is 2.37 bits per heavy atom. The van der Waals surface area contributed by atoms with Gasteiger partial charge in [0.15, 0.2) is 11.4 Å². The van der Waals surface area contributed by atoms with Crippen molar-refractivity contribution in [1.82, 2.24) is 14.8 Å². The number of hydrogen-bond donors (Lipinski definition) is 0. The van der Waals surface area contributed by atoms with E-state index in [0.29, 0.717) is 18.4 Å². The zero-order valence-corrected chi connectivity index (χ0v) is 17.2. The van der Waals surface area contributed by atoms with E-state index in [1.807, 2.05) is 41.9 Å². The highest BCUT2D eigenvalue weighted by molar-refractivity contribution is 6.11. The number of halogens is 1. The number of ketones is 1. The number of benzene rings is 2. The third-order valence-electron chi connectivity index (χ3n) is 5.76. The molecular formula is C25H22FN3O. The number of aryl methyl sites for hydroxylation is 1. The second-order valence-electron chi connectivity index (χ2n) is 8.79. The van der Waals surface area contributed by atoms with Crippen molar-refractivity contribution in [2.24, 2.45) is 5.41 Å². The van der Waals surface area contributed by atoms with Crippen LogP contribution in [-0.2, 0) is 6.42 Å². The van der Waals surface area contributed by atoms with Crippen molar-refractivity contribution in [2.45, 2.75) is 33.6 Å². The number of rotatable bonds is 2. The fourth-order valence-corrected chi connectivity index (χ4v) is 4.49. The summed E-state index contributed by atoms with van der Waals surface area (Å²) in [7, 11) is 0. The Balaban J connectivity index is 1.90. The Hall–Kier alpha value is -3.34. The molecule has 0 aliphatic heterocycles. The summed E-state index contributed by atoms with van der Waals surface area (Å²) in [5, 5.41) is 5.61. The lowest BCUT2D eigenvalue weighted by Crippen LogP contribution is -2.28. The molecule has 30 heavy (non-hydrogen) atoms. The molecular weight excluding hydrogens is 377 g/mol. The zero-order chi connectivity index (χ0) is 21.0. The molecule has 4 nitrogen and oxygen atoms in total. The highest BCUT2D eigenvalue weighted by Crippen LogP contribution is 2.42. The fourth-order valence-electron chi connectivity index (χ4n) is 4.49. The standard InChI is InChI=1S/C25H22FN3O/c1-15-21-22(16-9-11-17(26)12-10-16)23-19(13-25(2,3)14-20(23)30)27-24(21)29(28-15)18-7-5-4-6-8-18/h4-12H,13-14H2,1-3H3. The maximum Gasteiger partial charge on any atom is 0.165 e. The molecule has 0 amide bonds. The average Bonchev–Trinajstić information content (AvgIpc) is 3.03. The lowest BCUT2D eigenvalue weighted by molar-refractivity contribution is 0.0911. The molecule has 0 spiro atoms. The van der Waals surface area contributed by atoms with Gasteiger partial charge in [0.1, 0.15) is 5.82 Å². The van der Waals surface area contributed by atoms with Gasteiger partial charge in [-0.15, -0.1) is 0 Å². The van der Waals surface area contributed by atoms with E-state index in [0.717, 1.165) is 39.2 Å². The molecule has 0 unspecified atom stereocenters. The number of Topliss-reactive ketones (excluding diaryl/α,β-unsaturated/α-hetero) is 1. The second kappa shape index (κ2) is 6.59. The van der Waals surface area contributed by atoms with Crippen LogP contribution in [0.5, 0.6) is 0 Å². The Kier molecular flexibility index (Phi) is 4.10. The maximum absolute atomic E-state index is 13.6. The Morgan fingerprint density at radius 1 is 0.967 bits per heavy atom. The van der Waals surface area contributed by atoms with Crippen LogP contribution in [0.3, 0.4) is 0 Å². The van der Waals surface area contributed by atoms with Crippen LogP contribution in [0.25, 0.3) is 27.8 Å². The number of aromatic nitrogens is 3. The summed E-state index contributed by atoms with van der Waals surface area (Å²) in [6, 6.07) is 16.2. The van der Waals surface area contributed by atoms with Gasteiger partial charge in [0.05, 0.1) is 22.5 Å². The third kappa shape index (κ3) is 2.93. The molecule has 2 heterocycles. The van der Waals surface area contributed by atoms with Crippen molar-refractivity contribution in [3.05, 3.63) is 77.4 Å². The van der Waals surface area contributed by atoms with Gasteiger partial charge in [0, 0.05) is 17.5 Å². The number of fused-ring (bicyclic) bond motifs is 2. The minimum Gasteiger partial charge on any atom is -0.294 e. The smallest absolute Gasteiger partial charge is 0.165 e. The number of nitrogens with zero attached hydrogens (tertiary/aromatic N) is 3. The summed E-state index contributed by atoms with van der Waals surface area (Å²) in [5.74, 6) is -0.219. The van der Waals surface area contributed by atoms with Gasteiger partial charge in [-0.05, 0) is 48.6 Å². The van der Waals surface area contributed by atoms with Crippen LogP contribution >= 0.6 is 0 Å². The van der Waals surface area contributed by atoms with Gasteiger partial charge < -0.3 is 0 Å². The summed E-state index contributed by atoms with van der Waals surface area (Å²) in [6.07, 6.45) is 1.17. The molecule has 0 N–H and O–H groups in total. The molecule has 0 fully saturated rings. The molecule has 2 aromatic carbocycles. The van der Waals surface area contributed by atoms with E-state index in [9.17, 15) is 9.18 Å². The average molecular weight is 399 g/mol. The lowest BCUT2D eigenvalue weighted by Gasteiger charge is -2.31. The van der Waals surface area contributed by atoms with Gasteiger partial charge in [-0.25, -0.2) is 14.1 Å². The SMILES string of the molecule is Cc1nn(-c2ccccc2)c2nc3c(c(-c4ccc(F)cc4)c12)C(=O)CC(C)(C)C3. The molecule has 2 aromatic heterocycles. The lowest BCUT2D eigenvalue weighted by atomic mass is 9.73. The number of carbonyl (C=O) groups excluding carboxylic acids is 1. The molecule has 1 aliphatic rings. The van der Waals surface area contributed by atoms with Crippen molar-refractivity contribution in [3.63, 3.8) is 0 Å². The van der Waals surface area contributed by atoms with E-state index in [4.69, 9.17) is 10.1 Å².